The second-order valence-electron chi connectivity index (χ2n) is 8.60. The smallest absolute Gasteiger partial charge is 0.322 e. The number of ketones is 1. The monoisotopic (exact) mass is 449 g/mol. The number of carbonyl (C=O) groups is 3. The number of rotatable bonds is 8. The molecule has 1 amide bonds. The van der Waals surface area contributed by atoms with Crippen molar-refractivity contribution in [2.24, 2.45) is 5.41 Å². The van der Waals surface area contributed by atoms with Crippen LogP contribution in [0.3, 0.4) is 0 Å². The van der Waals surface area contributed by atoms with E-state index in [-0.39, 0.29) is 11.7 Å². The summed E-state index contributed by atoms with van der Waals surface area (Å²) >= 11 is 0. The number of benzene rings is 2. The van der Waals surface area contributed by atoms with Gasteiger partial charge < -0.3 is 14.8 Å². The van der Waals surface area contributed by atoms with Crippen LogP contribution in [0.4, 0.5) is 5.69 Å². The van der Waals surface area contributed by atoms with Crippen molar-refractivity contribution in [1.29, 1.82) is 0 Å². The fourth-order valence-electron chi connectivity index (χ4n) is 4.28. The fourth-order valence-corrected chi connectivity index (χ4v) is 4.28. The lowest BCUT2D eigenvalue weighted by Gasteiger charge is -2.42. The van der Waals surface area contributed by atoms with Crippen LogP contribution in [0.25, 0.3) is 0 Å². The molecular formula is C27H31NO5. The van der Waals surface area contributed by atoms with Crippen LogP contribution in [0.1, 0.15) is 37.8 Å². The molecule has 2 aromatic carbocycles. The highest BCUT2D eigenvalue weighted by Crippen LogP contribution is 2.40. The van der Waals surface area contributed by atoms with Gasteiger partial charge in [-0.15, -0.1) is 0 Å². The molecule has 0 radical (unpaired) electrons. The summed E-state index contributed by atoms with van der Waals surface area (Å²) in [6.45, 7) is 7.02. The first-order valence-corrected chi connectivity index (χ1v) is 11.1. The summed E-state index contributed by atoms with van der Waals surface area (Å²) in [6, 6.07) is 17.5. The number of hydrogen-bond donors (Lipinski definition) is 1. The van der Waals surface area contributed by atoms with Crippen LogP contribution >= 0.6 is 0 Å². The molecule has 0 saturated carbocycles. The second kappa shape index (κ2) is 10.6. The third-order valence-electron chi connectivity index (χ3n) is 6.24. The number of aryl methyl sites for hydroxylation is 2. The number of amides is 1. The lowest BCUT2D eigenvalue weighted by Crippen LogP contribution is -2.55. The molecule has 3 atom stereocenters. The maximum atomic E-state index is 13.3. The largest absolute Gasteiger partial charge is 0.468 e. The van der Waals surface area contributed by atoms with Crippen molar-refractivity contribution >= 4 is 23.3 Å². The highest BCUT2D eigenvalue weighted by molar-refractivity contribution is 6.13. The van der Waals surface area contributed by atoms with Crippen LogP contribution in [-0.2, 0) is 36.7 Å². The highest BCUT2D eigenvalue weighted by atomic mass is 16.5. The van der Waals surface area contributed by atoms with E-state index in [1.807, 2.05) is 54.6 Å². The Morgan fingerprint density at radius 2 is 1.64 bits per heavy atom. The molecule has 1 heterocycles. The van der Waals surface area contributed by atoms with Crippen molar-refractivity contribution < 1.29 is 23.9 Å². The van der Waals surface area contributed by atoms with E-state index in [0.29, 0.717) is 30.5 Å². The fraction of sp³-hybridized carbons (Fsp3) is 0.370. The number of anilines is 1. The first-order chi connectivity index (χ1) is 15.8. The van der Waals surface area contributed by atoms with Gasteiger partial charge in [0.1, 0.15) is 0 Å². The summed E-state index contributed by atoms with van der Waals surface area (Å²) in [6.07, 6.45) is 1.31. The van der Waals surface area contributed by atoms with Crippen LogP contribution in [0.5, 0.6) is 0 Å². The molecule has 0 aliphatic carbocycles. The first kappa shape index (κ1) is 24.4. The molecule has 33 heavy (non-hydrogen) atoms. The minimum Gasteiger partial charge on any atom is -0.468 e. The topological polar surface area (TPSA) is 81.7 Å². The minimum atomic E-state index is -1.44. The van der Waals surface area contributed by atoms with Crippen molar-refractivity contribution in [3.05, 3.63) is 77.9 Å². The lowest BCUT2D eigenvalue weighted by atomic mass is 9.71. The van der Waals surface area contributed by atoms with E-state index in [0.717, 1.165) is 17.5 Å². The van der Waals surface area contributed by atoms with E-state index in [4.69, 9.17) is 9.47 Å². The van der Waals surface area contributed by atoms with Gasteiger partial charge in [-0.2, -0.15) is 0 Å². The maximum absolute atomic E-state index is 13.3. The van der Waals surface area contributed by atoms with Gasteiger partial charge in [-0.1, -0.05) is 49.0 Å². The Labute approximate surface area is 195 Å². The molecule has 0 spiro atoms. The van der Waals surface area contributed by atoms with E-state index in [1.165, 1.54) is 14.0 Å². The maximum Gasteiger partial charge on any atom is 0.322 e. The number of carbonyl (C=O) groups excluding carboxylic acids is 3. The Morgan fingerprint density at radius 3 is 2.24 bits per heavy atom. The Bertz CT molecular complexity index is 1010. The predicted molar refractivity (Wildman–Crippen MR) is 127 cm³/mol. The summed E-state index contributed by atoms with van der Waals surface area (Å²) in [5.74, 6) is -1.06. The average molecular weight is 450 g/mol. The molecule has 6 nitrogen and oxygen atoms in total. The Balaban J connectivity index is 1.75. The molecule has 2 aromatic rings. The third-order valence-corrected chi connectivity index (χ3v) is 6.24. The van der Waals surface area contributed by atoms with Crippen molar-refractivity contribution in [2.45, 2.75) is 51.7 Å². The van der Waals surface area contributed by atoms with E-state index >= 15 is 0 Å². The molecule has 0 aromatic heterocycles. The summed E-state index contributed by atoms with van der Waals surface area (Å²) in [5.41, 5.74) is 1.75. The van der Waals surface area contributed by atoms with Gasteiger partial charge in [0.15, 0.2) is 11.2 Å². The van der Waals surface area contributed by atoms with Gasteiger partial charge in [-0.3, -0.25) is 14.4 Å². The number of methoxy groups -OCH3 is 1. The summed E-state index contributed by atoms with van der Waals surface area (Å²) in [7, 11) is 1.28. The van der Waals surface area contributed by atoms with Crippen molar-refractivity contribution in [3.63, 3.8) is 0 Å². The SMILES string of the molecule is C=C1C(=O)[C@](C)(C(=O)OC)C(CCc2ccc(NC(C)=O)cc2)O[C@@H]1CCc1ccccc1. The summed E-state index contributed by atoms with van der Waals surface area (Å²) < 4.78 is 11.3. The van der Waals surface area contributed by atoms with Gasteiger partial charge in [-0.25, -0.2) is 0 Å². The van der Waals surface area contributed by atoms with Crippen LogP contribution in [0, 0.1) is 5.41 Å². The van der Waals surface area contributed by atoms with Crippen molar-refractivity contribution in [3.8, 4) is 0 Å². The van der Waals surface area contributed by atoms with Crippen LogP contribution in [0.2, 0.25) is 0 Å². The van der Waals surface area contributed by atoms with E-state index in [1.54, 1.807) is 6.92 Å². The number of esters is 1. The van der Waals surface area contributed by atoms with Gasteiger partial charge in [0.2, 0.25) is 5.91 Å². The molecule has 0 bridgehead atoms. The normalized spacial score (nSPS) is 22.6. The van der Waals surface area contributed by atoms with Gasteiger partial charge in [0.25, 0.3) is 0 Å². The van der Waals surface area contributed by atoms with Crippen LogP contribution in [-0.4, -0.2) is 37.0 Å². The molecule has 1 unspecified atom stereocenters. The Morgan fingerprint density at radius 1 is 1.03 bits per heavy atom. The van der Waals surface area contributed by atoms with Crippen LogP contribution in [0.15, 0.2) is 66.7 Å². The Hall–Kier alpha value is -3.25. The molecule has 1 aliphatic rings. The first-order valence-electron chi connectivity index (χ1n) is 11.1. The molecule has 1 aliphatic heterocycles. The van der Waals surface area contributed by atoms with Crippen molar-refractivity contribution in [1.82, 2.24) is 0 Å². The highest BCUT2D eigenvalue weighted by Gasteiger charge is 2.55. The van der Waals surface area contributed by atoms with E-state index in [9.17, 15) is 14.4 Å². The molecule has 1 fully saturated rings. The second-order valence-corrected chi connectivity index (χ2v) is 8.60. The standard InChI is InChI=1S/C27H31NO5/c1-18-23(16-12-20-8-6-5-7-9-20)33-24(27(3,25(18)30)26(31)32-4)17-13-21-10-14-22(15-11-21)28-19(2)29/h5-11,14-15,23-24H,1,12-13,16-17H2,2-4H3,(H,28,29)/t23-,24?,27-/m1/s1. The molecular weight excluding hydrogens is 418 g/mol. The van der Waals surface area contributed by atoms with Gasteiger partial charge in [-0.05, 0) is 55.9 Å². The van der Waals surface area contributed by atoms with Gasteiger partial charge in [0.05, 0.1) is 19.3 Å². The van der Waals surface area contributed by atoms with E-state index < -0.39 is 23.6 Å². The number of hydrogen-bond acceptors (Lipinski definition) is 5. The lowest BCUT2D eigenvalue weighted by molar-refractivity contribution is -0.176. The minimum absolute atomic E-state index is 0.132. The zero-order chi connectivity index (χ0) is 24.0. The molecule has 3 rings (SSSR count). The predicted octanol–water partition coefficient (Wildman–Crippen LogP) is 4.28. The quantitative estimate of drug-likeness (QED) is 0.370. The molecule has 6 heteroatoms. The number of Topliss-reactive ketones (excluding diaryl/α,β-unsaturated/α-hetero) is 1. The zero-order valence-electron chi connectivity index (χ0n) is 19.4. The molecule has 174 valence electrons. The summed E-state index contributed by atoms with van der Waals surface area (Å²) in [5, 5.41) is 2.74. The molecule has 1 saturated heterocycles. The average Bonchev–Trinajstić information content (AvgIpc) is 2.82. The van der Waals surface area contributed by atoms with Crippen molar-refractivity contribution in [2.75, 3.05) is 12.4 Å². The van der Waals surface area contributed by atoms with Gasteiger partial charge >= 0.3 is 5.97 Å². The third kappa shape index (κ3) is 5.57. The zero-order valence-corrected chi connectivity index (χ0v) is 19.4. The Kier molecular flexibility index (Phi) is 7.82. The van der Waals surface area contributed by atoms with Crippen LogP contribution < -0.4 is 5.32 Å². The number of nitrogens with one attached hydrogen (secondary N) is 1. The van der Waals surface area contributed by atoms with Gasteiger partial charge in [0, 0.05) is 18.2 Å². The summed E-state index contributed by atoms with van der Waals surface area (Å²) in [4.78, 5) is 37.2. The molecule has 1 N–H and O–H groups in total. The van der Waals surface area contributed by atoms with E-state index in [2.05, 4.69) is 11.9 Å². The number of ether oxygens (including phenoxy) is 2.